The zero-order valence-corrected chi connectivity index (χ0v) is 10.5. The summed E-state index contributed by atoms with van der Waals surface area (Å²) >= 11 is 5.34. The smallest absolute Gasteiger partial charge is 0.179 e. The lowest BCUT2D eigenvalue weighted by Gasteiger charge is -2.14. The highest BCUT2D eigenvalue weighted by molar-refractivity contribution is 7.71. The Balaban J connectivity index is 1.84. The first-order chi connectivity index (χ1) is 8.34. The van der Waals surface area contributed by atoms with Gasteiger partial charge in [0.15, 0.2) is 10.4 Å². The fraction of sp³-hybridized carbons (Fsp3) is 0.500. The number of rotatable bonds is 3. The summed E-state index contributed by atoms with van der Waals surface area (Å²) in [4.78, 5) is 10.1. The average Bonchev–Trinajstić information content (AvgIpc) is 2.93. The summed E-state index contributed by atoms with van der Waals surface area (Å²) in [6, 6.07) is 3.95. The third kappa shape index (κ3) is 2.12. The molecule has 0 aliphatic carbocycles. The van der Waals surface area contributed by atoms with Crippen LogP contribution in [0.15, 0.2) is 18.3 Å². The number of pyridine rings is 1. The Morgan fingerprint density at radius 3 is 2.94 bits per heavy atom. The van der Waals surface area contributed by atoms with Crippen molar-refractivity contribution in [1.82, 2.24) is 19.4 Å². The molecule has 0 aromatic carbocycles. The molecule has 1 saturated heterocycles. The number of imidazole rings is 1. The van der Waals surface area contributed by atoms with Crippen molar-refractivity contribution in [2.45, 2.75) is 19.4 Å². The highest BCUT2D eigenvalue weighted by Gasteiger charge is 2.12. The van der Waals surface area contributed by atoms with Crippen molar-refractivity contribution in [3.8, 4) is 0 Å². The summed E-state index contributed by atoms with van der Waals surface area (Å²) in [7, 11) is 0. The second kappa shape index (κ2) is 4.58. The van der Waals surface area contributed by atoms with Gasteiger partial charge in [-0.25, -0.2) is 4.98 Å². The van der Waals surface area contributed by atoms with Gasteiger partial charge >= 0.3 is 0 Å². The Bertz CT molecular complexity index is 565. The normalized spacial score (nSPS) is 16.9. The molecule has 1 aliphatic heterocycles. The molecule has 1 N–H and O–H groups in total. The second-order valence-corrected chi connectivity index (χ2v) is 4.89. The van der Waals surface area contributed by atoms with Crippen LogP contribution in [0, 0.1) is 4.77 Å². The number of aromatic nitrogens is 3. The molecule has 0 unspecified atom stereocenters. The number of hydrogen-bond donors (Lipinski definition) is 1. The molecule has 3 rings (SSSR count). The van der Waals surface area contributed by atoms with Gasteiger partial charge in [0, 0.05) is 19.3 Å². The predicted molar refractivity (Wildman–Crippen MR) is 70.6 cm³/mol. The Labute approximate surface area is 105 Å². The highest BCUT2D eigenvalue weighted by Crippen LogP contribution is 2.12. The van der Waals surface area contributed by atoms with E-state index >= 15 is 0 Å². The predicted octanol–water partition coefficient (Wildman–Crippen LogP) is 2.19. The molecule has 0 bridgehead atoms. The van der Waals surface area contributed by atoms with Crippen molar-refractivity contribution in [2.24, 2.45) is 0 Å². The molecular weight excluding hydrogens is 232 g/mol. The lowest BCUT2D eigenvalue weighted by atomic mass is 10.4. The number of hydrogen-bond acceptors (Lipinski definition) is 3. The van der Waals surface area contributed by atoms with Crippen molar-refractivity contribution in [3.63, 3.8) is 0 Å². The number of nitrogens with zero attached hydrogens (tertiary/aromatic N) is 3. The average molecular weight is 248 g/mol. The van der Waals surface area contributed by atoms with Crippen LogP contribution in [-0.4, -0.2) is 39.1 Å². The van der Waals surface area contributed by atoms with Crippen molar-refractivity contribution in [2.75, 3.05) is 19.6 Å². The Morgan fingerprint density at radius 2 is 2.12 bits per heavy atom. The molecule has 17 heavy (non-hydrogen) atoms. The van der Waals surface area contributed by atoms with Crippen LogP contribution in [0.1, 0.15) is 12.8 Å². The van der Waals surface area contributed by atoms with Crippen molar-refractivity contribution in [1.29, 1.82) is 0 Å². The summed E-state index contributed by atoms with van der Waals surface area (Å²) in [6.07, 6.45) is 4.48. The van der Waals surface area contributed by atoms with Gasteiger partial charge in [-0.05, 0) is 50.3 Å². The fourth-order valence-electron chi connectivity index (χ4n) is 2.44. The molecule has 0 amide bonds. The molecular formula is C12H16N4S. The largest absolute Gasteiger partial charge is 0.329 e. The Morgan fingerprint density at radius 1 is 1.29 bits per heavy atom. The van der Waals surface area contributed by atoms with E-state index in [2.05, 4.69) is 19.4 Å². The van der Waals surface area contributed by atoms with Crippen LogP contribution in [0.4, 0.5) is 0 Å². The van der Waals surface area contributed by atoms with E-state index in [4.69, 9.17) is 12.2 Å². The molecule has 0 spiro atoms. The van der Waals surface area contributed by atoms with Crippen molar-refractivity contribution in [3.05, 3.63) is 23.1 Å². The molecule has 1 fully saturated rings. The molecule has 0 atom stereocenters. The monoisotopic (exact) mass is 248 g/mol. The van der Waals surface area contributed by atoms with Gasteiger partial charge in [-0.15, -0.1) is 0 Å². The molecule has 1 aliphatic rings. The molecule has 3 heterocycles. The zero-order chi connectivity index (χ0) is 11.7. The summed E-state index contributed by atoms with van der Waals surface area (Å²) in [5, 5.41) is 0. The quantitative estimate of drug-likeness (QED) is 0.846. The molecule has 0 radical (unpaired) electrons. The van der Waals surface area contributed by atoms with Crippen LogP contribution in [-0.2, 0) is 6.54 Å². The molecule has 5 heteroatoms. The van der Waals surface area contributed by atoms with Gasteiger partial charge in [-0.3, -0.25) is 0 Å². The maximum Gasteiger partial charge on any atom is 0.179 e. The van der Waals surface area contributed by atoms with E-state index in [1.54, 1.807) is 0 Å². The molecule has 0 saturated carbocycles. The van der Waals surface area contributed by atoms with Crippen molar-refractivity contribution >= 4 is 23.4 Å². The van der Waals surface area contributed by atoms with Gasteiger partial charge in [0.05, 0.1) is 5.52 Å². The van der Waals surface area contributed by atoms with Crippen LogP contribution >= 0.6 is 12.2 Å². The van der Waals surface area contributed by atoms with Gasteiger partial charge in [0.25, 0.3) is 0 Å². The topological polar surface area (TPSA) is 36.9 Å². The molecule has 2 aromatic heterocycles. The third-order valence-electron chi connectivity index (χ3n) is 3.37. The van der Waals surface area contributed by atoms with E-state index in [9.17, 15) is 0 Å². The van der Waals surface area contributed by atoms with E-state index < -0.39 is 0 Å². The summed E-state index contributed by atoms with van der Waals surface area (Å²) in [5.41, 5.74) is 2.00. The number of likely N-dealkylation sites (tertiary alicyclic amines) is 1. The lowest BCUT2D eigenvalue weighted by molar-refractivity contribution is 0.323. The van der Waals surface area contributed by atoms with E-state index in [1.807, 2.05) is 18.3 Å². The zero-order valence-electron chi connectivity index (χ0n) is 9.72. The Hall–Kier alpha value is -1.20. The molecule has 4 nitrogen and oxygen atoms in total. The Kier molecular flexibility index (Phi) is 2.94. The van der Waals surface area contributed by atoms with Gasteiger partial charge in [0.2, 0.25) is 0 Å². The van der Waals surface area contributed by atoms with Crippen LogP contribution in [0.3, 0.4) is 0 Å². The SMILES string of the molecule is S=c1[nH]c2cccnc2n1CCN1CCCC1. The van der Waals surface area contributed by atoms with E-state index in [1.165, 1.54) is 25.9 Å². The van der Waals surface area contributed by atoms with E-state index in [0.717, 1.165) is 29.0 Å². The van der Waals surface area contributed by atoms with E-state index in [0.29, 0.717) is 0 Å². The van der Waals surface area contributed by atoms with Crippen LogP contribution in [0.25, 0.3) is 11.2 Å². The van der Waals surface area contributed by atoms with Crippen molar-refractivity contribution < 1.29 is 0 Å². The number of nitrogens with one attached hydrogen (secondary N) is 1. The summed E-state index contributed by atoms with van der Waals surface area (Å²) in [5.74, 6) is 0. The first-order valence-electron chi connectivity index (χ1n) is 6.10. The first kappa shape index (κ1) is 10.9. The summed E-state index contributed by atoms with van der Waals surface area (Å²) < 4.78 is 2.88. The first-order valence-corrected chi connectivity index (χ1v) is 6.51. The minimum Gasteiger partial charge on any atom is -0.329 e. The maximum absolute atomic E-state index is 5.34. The minimum atomic E-state index is 0.776. The number of aromatic amines is 1. The molecule has 90 valence electrons. The number of H-pyrrole nitrogens is 1. The minimum absolute atomic E-state index is 0.776. The van der Waals surface area contributed by atoms with Gasteiger partial charge in [-0.2, -0.15) is 0 Å². The fourth-order valence-corrected chi connectivity index (χ4v) is 2.73. The van der Waals surface area contributed by atoms with Crippen LogP contribution < -0.4 is 0 Å². The second-order valence-electron chi connectivity index (χ2n) is 4.51. The van der Waals surface area contributed by atoms with Gasteiger partial charge in [-0.1, -0.05) is 0 Å². The number of fused-ring (bicyclic) bond motifs is 1. The standard InChI is InChI=1S/C12H16N4S/c17-12-14-10-4-3-5-13-11(10)16(12)9-8-15-6-1-2-7-15/h3-5H,1-2,6-9H2,(H,14,17). The summed E-state index contributed by atoms with van der Waals surface area (Å²) in [6.45, 7) is 4.44. The van der Waals surface area contributed by atoms with Gasteiger partial charge < -0.3 is 14.5 Å². The van der Waals surface area contributed by atoms with Crippen LogP contribution in [0.2, 0.25) is 0 Å². The molecule has 2 aromatic rings. The maximum atomic E-state index is 5.34. The highest BCUT2D eigenvalue weighted by atomic mass is 32.1. The third-order valence-corrected chi connectivity index (χ3v) is 3.69. The van der Waals surface area contributed by atoms with Crippen LogP contribution in [0.5, 0.6) is 0 Å². The van der Waals surface area contributed by atoms with Gasteiger partial charge in [0.1, 0.15) is 0 Å². The van der Waals surface area contributed by atoms with E-state index in [-0.39, 0.29) is 0 Å². The lowest BCUT2D eigenvalue weighted by Crippen LogP contribution is -2.24.